The van der Waals surface area contributed by atoms with Crippen LogP contribution in [0.25, 0.3) is 0 Å². The van der Waals surface area contributed by atoms with Crippen molar-refractivity contribution in [2.75, 3.05) is 13.1 Å². The Morgan fingerprint density at radius 3 is 2.76 bits per heavy atom. The van der Waals surface area contributed by atoms with Crippen LogP contribution in [0.2, 0.25) is 0 Å². The lowest BCUT2D eigenvalue weighted by molar-refractivity contribution is -0.123. The quantitative estimate of drug-likeness (QED) is 0.845. The van der Waals surface area contributed by atoms with Crippen molar-refractivity contribution >= 4 is 5.91 Å². The number of rotatable bonds is 6. The van der Waals surface area contributed by atoms with E-state index in [-0.39, 0.29) is 11.4 Å². The minimum absolute atomic E-state index is 0.144. The van der Waals surface area contributed by atoms with E-state index in [4.69, 9.17) is 0 Å². The second-order valence-electron chi connectivity index (χ2n) is 6.83. The molecule has 1 aromatic rings. The van der Waals surface area contributed by atoms with Gasteiger partial charge in [-0.1, -0.05) is 30.3 Å². The first-order chi connectivity index (χ1) is 10.1. The molecule has 3 heteroatoms. The third-order valence-electron chi connectivity index (χ3n) is 4.23. The van der Waals surface area contributed by atoms with Crippen LogP contribution in [-0.4, -0.2) is 24.5 Å². The molecule has 1 aliphatic rings. The zero-order valence-corrected chi connectivity index (χ0v) is 13.3. The molecule has 1 unspecified atom stereocenters. The maximum atomic E-state index is 12.2. The van der Waals surface area contributed by atoms with E-state index >= 15 is 0 Å². The zero-order chi connectivity index (χ0) is 15.1. The average molecular weight is 288 g/mol. The van der Waals surface area contributed by atoms with Crippen molar-refractivity contribution in [1.82, 2.24) is 10.6 Å². The molecule has 1 aromatic carbocycles. The van der Waals surface area contributed by atoms with Crippen LogP contribution in [0, 0.1) is 5.92 Å². The third kappa shape index (κ3) is 5.88. The molecule has 0 radical (unpaired) electrons. The van der Waals surface area contributed by atoms with E-state index in [1.807, 2.05) is 6.07 Å². The van der Waals surface area contributed by atoms with Crippen LogP contribution in [0.5, 0.6) is 0 Å². The maximum Gasteiger partial charge on any atom is 0.220 e. The van der Waals surface area contributed by atoms with E-state index in [1.165, 1.54) is 18.4 Å². The monoisotopic (exact) mass is 288 g/mol. The van der Waals surface area contributed by atoms with E-state index in [9.17, 15) is 4.79 Å². The van der Waals surface area contributed by atoms with Gasteiger partial charge in [0.2, 0.25) is 5.91 Å². The van der Waals surface area contributed by atoms with Crippen molar-refractivity contribution in [3.8, 4) is 0 Å². The summed E-state index contributed by atoms with van der Waals surface area (Å²) in [5.74, 6) is 0.699. The molecule has 21 heavy (non-hydrogen) atoms. The number of hydrogen-bond donors (Lipinski definition) is 2. The fourth-order valence-electron chi connectivity index (χ4n) is 2.95. The van der Waals surface area contributed by atoms with E-state index in [2.05, 4.69) is 48.7 Å². The fourth-order valence-corrected chi connectivity index (χ4v) is 2.95. The first-order valence-corrected chi connectivity index (χ1v) is 8.11. The van der Waals surface area contributed by atoms with E-state index < -0.39 is 0 Å². The third-order valence-corrected chi connectivity index (χ3v) is 4.23. The maximum absolute atomic E-state index is 12.2. The Hall–Kier alpha value is -1.35. The molecular formula is C18H28N2O. The van der Waals surface area contributed by atoms with Gasteiger partial charge in [-0.25, -0.2) is 0 Å². The predicted octanol–water partition coefficient (Wildman–Crippen LogP) is 2.90. The van der Waals surface area contributed by atoms with Gasteiger partial charge in [-0.05, 0) is 64.1 Å². The van der Waals surface area contributed by atoms with Crippen molar-refractivity contribution in [3.05, 3.63) is 35.9 Å². The molecule has 0 bridgehead atoms. The summed E-state index contributed by atoms with van der Waals surface area (Å²) in [6, 6.07) is 10.5. The van der Waals surface area contributed by atoms with Crippen LogP contribution in [-0.2, 0) is 11.2 Å². The summed E-state index contributed by atoms with van der Waals surface area (Å²) in [7, 11) is 0. The Balaban J connectivity index is 1.75. The lowest BCUT2D eigenvalue weighted by atomic mass is 9.93. The lowest BCUT2D eigenvalue weighted by Gasteiger charge is -2.28. The van der Waals surface area contributed by atoms with Gasteiger partial charge < -0.3 is 10.6 Å². The molecular weight excluding hydrogens is 260 g/mol. The standard InChI is InChI=1S/C18H28N2O/c1-18(2,11-10-15-7-4-3-5-8-15)20-17(21)13-16-9-6-12-19-14-16/h3-5,7-8,16,19H,6,9-14H2,1-2H3,(H,20,21). The average Bonchev–Trinajstić information content (AvgIpc) is 2.47. The smallest absolute Gasteiger partial charge is 0.220 e. The number of carbonyl (C=O) groups excluding carboxylic acids is 1. The first-order valence-electron chi connectivity index (χ1n) is 8.11. The van der Waals surface area contributed by atoms with Gasteiger partial charge in [0.1, 0.15) is 0 Å². The Kier molecular flexibility index (Phi) is 5.80. The number of carbonyl (C=O) groups is 1. The molecule has 2 rings (SSSR count). The van der Waals surface area contributed by atoms with Crippen LogP contribution >= 0.6 is 0 Å². The molecule has 0 aromatic heterocycles. The highest BCUT2D eigenvalue weighted by atomic mass is 16.1. The molecule has 3 nitrogen and oxygen atoms in total. The van der Waals surface area contributed by atoms with Crippen LogP contribution in [0.15, 0.2) is 30.3 Å². The molecule has 0 saturated carbocycles. The van der Waals surface area contributed by atoms with Crippen LogP contribution in [0.3, 0.4) is 0 Å². The minimum Gasteiger partial charge on any atom is -0.351 e. The Bertz CT molecular complexity index is 436. The summed E-state index contributed by atoms with van der Waals surface area (Å²) in [4.78, 5) is 12.2. The van der Waals surface area contributed by atoms with E-state index in [0.29, 0.717) is 12.3 Å². The van der Waals surface area contributed by atoms with Crippen molar-refractivity contribution in [2.45, 2.75) is 51.5 Å². The number of benzene rings is 1. The summed E-state index contributed by atoms with van der Waals surface area (Å²) in [6.07, 6.45) is 4.98. The van der Waals surface area contributed by atoms with Gasteiger partial charge in [-0.2, -0.15) is 0 Å². The van der Waals surface area contributed by atoms with Gasteiger partial charge in [0.25, 0.3) is 0 Å². The van der Waals surface area contributed by atoms with E-state index in [0.717, 1.165) is 25.9 Å². The number of aryl methyl sites for hydroxylation is 1. The lowest BCUT2D eigenvalue weighted by Crippen LogP contribution is -2.45. The second-order valence-corrected chi connectivity index (χ2v) is 6.83. The van der Waals surface area contributed by atoms with Crippen molar-refractivity contribution in [2.24, 2.45) is 5.92 Å². The van der Waals surface area contributed by atoms with Gasteiger partial charge in [0.15, 0.2) is 0 Å². The number of amides is 1. The Morgan fingerprint density at radius 2 is 2.10 bits per heavy atom. The molecule has 1 amide bonds. The molecule has 1 aliphatic heterocycles. The molecule has 1 saturated heterocycles. The topological polar surface area (TPSA) is 41.1 Å². The first kappa shape index (κ1) is 16.0. The molecule has 116 valence electrons. The van der Waals surface area contributed by atoms with Crippen LogP contribution in [0.4, 0.5) is 0 Å². The highest BCUT2D eigenvalue weighted by Crippen LogP contribution is 2.17. The summed E-state index contributed by atoms with van der Waals surface area (Å²) in [6.45, 7) is 6.32. The molecule has 2 N–H and O–H groups in total. The number of hydrogen-bond acceptors (Lipinski definition) is 2. The normalized spacial score (nSPS) is 19.2. The van der Waals surface area contributed by atoms with Gasteiger partial charge in [0.05, 0.1) is 0 Å². The minimum atomic E-state index is -0.144. The van der Waals surface area contributed by atoms with Gasteiger partial charge >= 0.3 is 0 Å². The van der Waals surface area contributed by atoms with Crippen molar-refractivity contribution < 1.29 is 4.79 Å². The second kappa shape index (κ2) is 7.60. The summed E-state index contributed by atoms with van der Waals surface area (Å²) in [5.41, 5.74) is 1.19. The van der Waals surface area contributed by atoms with Crippen LogP contribution in [0.1, 0.15) is 45.1 Å². The molecule has 1 atom stereocenters. The zero-order valence-electron chi connectivity index (χ0n) is 13.3. The highest BCUT2D eigenvalue weighted by Gasteiger charge is 2.23. The molecule has 1 heterocycles. The van der Waals surface area contributed by atoms with Gasteiger partial charge in [0, 0.05) is 12.0 Å². The van der Waals surface area contributed by atoms with Crippen molar-refractivity contribution in [3.63, 3.8) is 0 Å². The highest BCUT2D eigenvalue weighted by molar-refractivity contribution is 5.77. The Morgan fingerprint density at radius 1 is 1.33 bits per heavy atom. The number of piperidine rings is 1. The van der Waals surface area contributed by atoms with Crippen molar-refractivity contribution in [1.29, 1.82) is 0 Å². The largest absolute Gasteiger partial charge is 0.351 e. The SMILES string of the molecule is CC(C)(CCc1ccccc1)NC(=O)CC1CCCNC1. The number of nitrogens with one attached hydrogen (secondary N) is 2. The fraction of sp³-hybridized carbons (Fsp3) is 0.611. The summed E-state index contributed by atoms with van der Waals surface area (Å²) < 4.78 is 0. The summed E-state index contributed by atoms with van der Waals surface area (Å²) >= 11 is 0. The van der Waals surface area contributed by atoms with Gasteiger partial charge in [-0.3, -0.25) is 4.79 Å². The molecule has 0 spiro atoms. The summed E-state index contributed by atoms with van der Waals surface area (Å²) in [5, 5.41) is 6.58. The Labute approximate surface area is 128 Å². The molecule has 1 fully saturated rings. The molecule has 0 aliphatic carbocycles. The van der Waals surface area contributed by atoms with E-state index in [1.54, 1.807) is 0 Å². The van der Waals surface area contributed by atoms with Crippen LogP contribution < -0.4 is 10.6 Å². The van der Waals surface area contributed by atoms with Gasteiger partial charge in [-0.15, -0.1) is 0 Å². The predicted molar refractivity (Wildman–Crippen MR) is 87.2 cm³/mol.